The highest BCUT2D eigenvalue weighted by Gasteiger charge is 2.17. The maximum absolute atomic E-state index is 10.8. The number of carboxylic acid groups (broad SMARTS) is 3. The second-order valence-corrected chi connectivity index (χ2v) is 4.56. The van der Waals surface area contributed by atoms with Crippen LogP contribution in [0.3, 0.4) is 0 Å². The quantitative estimate of drug-likeness (QED) is 0.494. The van der Waals surface area contributed by atoms with Crippen LogP contribution in [0, 0.1) is 0 Å². The summed E-state index contributed by atoms with van der Waals surface area (Å²) in [6.45, 7) is 0. The Bertz CT molecular complexity index is 686. The first-order valence-electron chi connectivity index (χ1n) is 4.33. The van der Waals surface area contributed by atoms with E-state index < -0.39 is 49.6 Å². The van der Waals surface area contributed by atoms with Crippen LogP contribution >= 0.6 is 0 Å². The van der Waals surface area contributed by atoms with Crippen molar-refractivity contribution in [2.75, 3.05) is 0 Å². The van der Waals surface area contributed by atoms with Crippen molar-refractivity contribution in [1.29, 1.82) is 0 Å². The lowest BCUT2D eigenvalue weighted by molar-refractivity contribution is -0.260. The Morgan fingerprint density at radius 3 is 1.74 bits per heavy atom. The molecule has 19 heavy (non-hydrogen) atoms. The van der Waals surface area contributed by atoms with E-state index in [9.17, 15) is 42.7 Å². The summed E-state index contributed by atoms with van der Waals surface area (Å²) in [6.07, 6.45) is 0. The third kappa shape index (κ3) is 2.86. The molecule has 0 fully saturated rings. The van der Waals surface area contributed by atoms with Gasteiger partial charge in [0.1, 0.15) is 10.1 Å². The van der Waals surface area contributed by atoms with Crippen LogP contribution in [0.1, 0.15) is 31.1 Å². The molecular weight excluding hydrogens is 284 g/mol. The van der Waals surface area contributed by atoms with Gasteiger partial charge in [-0.15, -0.1) is 0 Å². The molecular formula is C9H2O9S-4. The number of benzene rings is 1. The first-order valence-corrected chi connectivity index (χ1v) is 5.74. The average Bonchev–Trinajstić information content (AvgIpc) is 2.25. The molecule has 0 amide bonds. The second-order valence-electron chi connectivity index (χ2n) is 3.21. The number of carbonyl (C=O) groups excluding carboxylic acids is 3. The maximum Gasteiger partial charge on any atom is 0.125 e. The van der Waals surface area contributed by atoms with E-state index in [4.69, 9.17) is 0 Å². The molecule has 0 unspecified atom stereocenters. The topological polar surface area (TPSA) is 178 Å². The first-order chi connectivity index (χ1) is 8.55. The minimum Gasteiger partial charge on any atom is -0.744 e. The molecule has 0 spiro atoms. The molecule has 0 saturated carbocycles. The molecule has 0 heterocycles. The Hall–Kier alpha value is -2.46. The van der Waals surface area contributed by atoms with Crippen LogP contribution in [0.2, 0.25) is 0 Å². The molecule has 1 rings (SSSR count). The van der Waals surface area contributed by atoms with Gasteiger partial charge >= 0.3 is 0 Å². The molecule has 0 saturated heterocycles. The molecule has 0 N–H and O–H groups in total. The van der Waals surface area contributed by atoms with Crippen molar-refractivity contribution < 1.29 is 42.7 Å². The fourth-order valence-electron chi connectivity index (χ4n) is 1.30. The molecule has 102 valence electrons. The van der Waals surface area contributed by atoms with Crippen LogP contribution in [-0.4, -0.2) is 30.9 Å². The Labute approximate surface area is 105 Å². The Morgan fingerprint density at radius 2 is 1.42 bits per heavy atom. The highest BCUT2D eigenvalue weighted by Crippen LogP contribution is 2.21. The van der Waals surface area contributed by atoms with Crippen LogP contribution in [0.25, 0.3) is 0 Å². The SMILES string of the molecule is O=C([O-])c1cc(C(=O)[O-])c(C(=O)[O-])c(S(=O)(=O)[O-])c1. The van der Waals surface area contributed by atoms with Crippen molar-refractivity contribution in [3.05, 3.63) is 28.8 Å². The molecule has 0 aliphatic carbocycles. The molecule has 9 nitrogen and oxygen atoms in total. The summed E-state index contributed by atoms with van der Waals surface area (Å²) >= 11 is 0. The van der Waals surface area contributed by atoms with E-state index in [0.29, 0.717) is 6.07 Å². The van der Waals surface area contributed by atoms with Crippen molar-refractivity contribution in [1.82, 2.24) is 0 Å². The van der Waals surface area contributed by atoms with Crippen molar-refractivity contribution in [2.24, 2.45) is 0 Å². The summed E-state index contributed by atoms with van der Waals surface area (Å²) in [6, 6.07) is 0.472. The van der Waals surface area contributed by atoms with Crippen LogP contribution in [-0.2, 0) is 10.1 Å². The van der Waals surface area contributed by atoms with E-state index in [2.05, 4.69) is 0 Å². The Balaban J connectivity index is 3.92. The zero-order chi connectivity index (χ0) is 15.0. The fraction of sp³-hybridized carbons (Fsp3) is 0. The monoisotopic (exact) mass is 286 g/mol. The van der Waals surface area contributed by atoms with Crippen LogP contribution < -0.4 is 15.3 Å². The van der Waals surface area contributed by atoms with E-state index in [0.717, 1.165) is 0 Å². The van der Waals surface area contributed by atoms with Gasteiger partial charge in [-0.3, -0.25) is 0 Å². The maximum atomic E-state index is 10.8. The first kappa shape index (κ1) is 14.6. The summed E-state index contributed by atoms with van der Waals surface area (Å²) in [5, 5.41) is 31.9. The predicted octanol–water partition coefficient (Wildman–Crippen LogP) is -4.32. The molecule has 0 aliphatic heterocycles. The van der Waals surface area contributed by atoms with Gasteiger partial charge in [-0.2, -0.15) is 0 Å². The second kappa shape index (κ2) is 4.66. The highest BCUT2D eigenvalue weighted by molar-refractivity contribution is 7.85. The van der Waals surface area contributed by atoms with Gasteiger partial charge in [-0.25, -0.2) is 8.42 Å². The molecule has 0 radical (unpaired) electrons. The zero-order valence-corrected chi connectivity index (χ0v) is 9.55. The number of rotatable bonds is 4. The largest absolute Gasteiger partial charge is 0.744 e. The van der Waals surface area contributed by atoms with E-state index in [-0.39, 0.29) is 6.07 Å². The lowest BCUT2D eigenvalue weighted by atomic mass is 10.0. The summed E-state index contributed by atoms with van der Waals surface area (Å²) in [5.74, 6) is -6.47. The van der Waals surface area contributed by atoms with Gasteiger partial charge in [0.2, 0.25) is 0 Å². The number of hydrogen-bond acceptors (Lipinski definition) is 9. The number of carbonyl (C=O) groups is 3. The molecule has 0 aromatic heterocycles. The van der Waals surface area contributed by atoms with Gasteiger partial charge in [-0.1, -0.05) is 0 Å². The standard InChI is InChI=1S/C9H6O9S/c10-7(11)3-1-4(8(12)13)6(9(14)15)5(2-3)19(16,17)18/h1-2H,(H,10,11)(H,12,13)(H,14,15)(H,16,17,18)/p-4. The van der Waals surface area contributed by atoms with E-state index >= 15 is 0 Å². The Kier molecular flexibility index (Phi) is 3.58. The van der Waals surface area contributed by atoms with Crippen LogP contribution in [0.4, 0.5) is 0 Å². The third-order valence-electron chi connectivity index (χ3n) is 2.03. The minimum atomic E-state index is -5.44. The van der Waals surface area contributed by atoms with Gasteiger partial charge in [0.25, 0.3) is 0 Å². The molecule has 0 bridgehead atoms. The van der Waals surface area contributed by atoms with Gasteiger partial charge < -0.3 is 34.3 Å². The normalized spacial score (nSPS) is 11.0. The highest BCUT2D eigenvalue weighted by atomic mass is 32.2. The van der Waals surface area contributed by atoms with Crippen LogP contribution in [0.15, 0.2) is 17.0 Å². The number of hydrogen-bond donors (Lipinski definition) is 0. The van der Waals surface area contributed by atoms with Gasteiger partial charge in [0.05, 0.1) is 22.8 Å². The van der Waals surface area contributed by atoms with Crippen molar-refractivity contribution >= 4 is 28.0 Å². The van der Waals surface area contributed by atoms with E-state index in [1.165, 1.54) is 0 Å². The minimum absolute atomic E-state index is 0.176. The van der Waals surface area contributed by atoms with Gasteiger partial charge in [0.15, 0.2) is 0 Å². The summed E-state index contributed by atoms with van der Waals surface area (Å²) in [7, 11) is -5.44. The predicted molar refractivity (Wildman–Crippen MR) is 47.4 cm³/mol. The third-order valence-corrected chi connectivity index (χ3v) is 2.89. The zero-order valence-electron chi connectivity index (χ0n) is 8.74. The average molecular weight is 286 g/mol. The van der Waals surface area contributed by atoms with Gasteiger partial charge in [0, 0.05) is 11.1 Å². The van der Waals surface area contributed by atoms with E-state index in [1.54, 1.807) is 0 Å². The summed E-state index contributed by atoms with van der Waals surface area (Å²) < 4.78 is 32.5. The van der Waals surface area contributed by atoms with Gasteiger partial charge in [-0.05, 0) is 17.7 Å². The molecule has 0 atom stereocenters. The summed E-state index contributed by atoms with van der Waals surface area (Å²) in [4.78, 5) is 30.4. The van der Waals surface area contributed by atoms with Crippen molar-refractivity contribution in [2.45, 2.75) is 4.90 Å². The fourth-order valence-corrected chi connectivity index (χ4v) is 2.02. The molecule has 10 heteroatoms. The molecule has 1 aromatic carbocycles. The molecule has 0 aliphatic rings. The van der Waals surface area contributed by atoms with Crippen molar-refractivity contribution in [3.63, 3.8) is 0 Å². The van der Waals surface area contributed by atoms with Crippen molar-refractivity contribution in [3.8, 4) is 0 Å². The lowest BCUT2D eigenvalue weighted by Gasteiger charge is -2.20. The lowest BCUT2D eigenvalue weighted by Crippen LogP contribution is -2.33. The Morgan fingerprint density at radius 1 is 0.895 bits per heavy atom. The van der Waals surface area contributed by atoms with E-state index in [1.807, 2.05) is 0 Å². The molecule has 1 aromatic rings. The summed E-state index contributed by atoms with van der Waals surface area (Å²) in [5.41, 5.74) is -3.78. The number of aromatic carboxylic acids is 3. The van der Waals surface area contributed by atoms with Crippen LogP contribution in [0.5, 0.6) is 0 Å². The number of carboxylic acids is 3. The smallest absolute Gasteiger partial charge is 0.125 e.